The van der Waals surface area contributed by atoms with Gasteiger partial charge < -0.3 is 19.1 Å². The SMILES string of the molecule is CCC(=O)OCCCCOc1ccc(N=Nc2ccc(N=Nc3ccc(N4CCOC4)cc3)cc2)cc1. The van der Waals surface area contributed by atoms with Gasteiger partial charge in [0.15, 0.2) is 0 Å². The Labute approximate surface area is 216 Å². The second-order valence-corrected chi connectivity index (χ2v) is 8.36. The van der Waals surface area contributed by atoms with Gasteiger partial charge in [-0.15, -0.1) is 0 Å². The number of rotatable bonds is 12. The van der Waals surface area contributed by atoms with Crippen LogP contribution in [0.5, 0.6) is 5.75 Å². The van der Waals surface area contributed by atoms with E-state index in [4.69, 9.17) is 14.2 Å². The second-order valence-electron chi connectivity index (χ2n) is 8.36. The third-order valence-electron chi connectivity index (χ3n) is 5.57. The molecule has 3 aromatic rings. The van der Waals surface area contributed by atoms with Gasteiger partial charge in [-0.2, -0.15) is 20.5 Å². The van der Waals surface area contributed by atoms with Crippen molar-refractivity contribution >= 4 is 34.4 Å². The number of hydrogen-bond acceptors (Lipinski definition) is 9. The smallest absolute Gasteiger partial charge is 0.305 e. The number of azo groups is 2. The van der Waals surface area contributed by atoms with Crippen LogP contribution in [0, 0.1) is 0 Å². The number of carbonyl (C=O) groups excluding carboxylic acids is 1. The lowest BCUT2D eigenvalue weighted by molar-refractivity contribution is -0.143. The predicted octanol–water partition coefficient (Wildman–Crippen LogP) is 7.42. The highest BCUT2D eigenvalue weighted by atomic mass is 16.5. The number of ether oxygens (including phenoxy) is 3. The van der Waals surface area contributed by atoms with Crippen molar-refractivity contribution in [3.63, 3.8) is 0 Å². The predicted molar refractivity (Wildman–Crippen MR) is 142 cm³/mol. The molecule has 1 heterocycles. The summed E-state index contributed by atoms with van der Waals surface area (Å²) in [6, 6.07) is 22.8. The van der Waals surface area contributed by atoms with Gasteiger partial charge in [0.1, 0.15) is 12.5 Å². The summed E-state index contributed by atoms with van der Waals surface area (Å²) >= 11 is 0. The molecule has 0 amide bonds. The van der Waals surface area contributed by atoms with E-state index in [1.807, 2.05) is 72.8 Å². The van der Waals surface area contributed by atoms with Gasteiger partial charge in [-0.05, 0) is 85.6 Å². The summed E-state index contributed by atoms with van der Waals surface area (Å²) in [6.45, 7) is 5.08. The molecular weight excluding hydrogens is 470 g/mol. The van der Waals surface area contributed by atoms with Crippen molar-refractivity contribution in [1.29, 1.82) is 0 Å². The summed E-state index contributed by atoms with van der Waals surface area (Å²) in [7, 11) is 0. The van der Waals surface area contributed by atoms with E-state index in [-0.39, 0.29) is 5.97 Å². The highest BCUT2D eigenvalue weighted by Crippen LogP contribution is 2.26. The molecule has 0 radical (unpaired) electrons. The van der Waals surface area contributed by atoms with Gasteiger partial charge in [0.2, 0.25) is 0 Å². The zero-order valence-corrected chi connectivity index (χ0v) is 21.0. The van der Waals surface area contributed by atoms with Gasteiger partial charge in [0.05, 0.1) is 42.6 Å². The van der Waals surface area contributed by atoms with Gasteiger partial charge in [-0.1, -0.05) is 6.92 Å². The molecule has 9 heteroatoms. The molecule has 0 spiro atoms. The van der Waals surface area contributed by atoms with Gasteiger partial charge in [-0.25, -0.2) is 0 Å². The fraction of sp³-hybridized carbons (Fsp3) is 0.321. The van der Waals surface area contributed by atoms with Crippen LogP contribution in [0.25, 0.3) is 0 Å². The Kier molecular flexibility index (Phi) is 9.71. The number of unbranched alkanes of at least 4 members (excludes halogenated alkanes) is 1. The Hall–Kier alpha value is -4.11. The minimum atomic E-state index is -0.168. The first-order valence-corrected chi connectivity index (χ1v) is 12.4. The molecule has 0 atom stereocenters. The van der Waals surface area contributed by atoms with Gasteiger partial charge >= 0.3 is 5.97 Å². The zero-order chi connectivity index (χ0) is 25.7. The van der Waals surface area contributed by atoms with Gasteiger partial charge in [0, 0.05) is 18.7 Å². The monoisotopic (exact) mass is 501 g/mol. The normalized spacial score (nSPS) is 13.5. The molecule has 1 fully saturated rings. The third-order valence-corrected chi connectivity index (χ3v) is 5.57. The van der Waals surface area contributed by atoms with E-state index in [0.717, 1.165) is 60.2 Å². The number of nitrogens with zero attached hydrogens (tertiary/aromatic N) is 5. The van der Waals surface area contributed by atoms with Crippen molar-refractivity contribution in [3.8, 4) is 5.75 Å². The minimum absolute atomic E-state index is 0.168. The van der Waals surface area contributed by atoms with Crippen LogP contribution >= 0.6 is 0 Å². The summed E-state index contributed by atoms with van der Waals surface area (Å²) in [4.78, 5) is 13.3. The minimum Gasteiger partial charge on any atom is -0.494 e. The molecule has 3 aromatic carbocycles. The first-order chi connectivity index (χ1) is 18.2. The molecular formula is C28H31N5O4. The first-order valence-electron chi connectivity index (χ1n) is 12.4. The van der Waals surface area contributed by atoms with E-state index < -0.39 is 0 Å². The van der Waals surface area contributed by atoms with E-state index in [1.165, 1.54) is 0 Å². The lowest BCUT2D eigenvalue weighted by Gasteiger charge is -2.15. The van der Waals surface area contributed by atoms with Crippen LogP contribution in [0.4, 0.5) is 28.4 Å². The van der Waals surface area contributed by atoms with Gasteiger partial charge in [0.25, 0.3) is 0 Å². The number of esters is 1. The van der Waals surface area contributed by atoms with E-state index >= 15 is 0 Å². The Balaban J connectivity index is 1.20. The van der Waals surface area contributed by atoms with Gasteiger partial charge in [-0.3, -0.25) is 4.79 Å². The molecule has 9 nitrogen and oxygen atoms in total. The number of carbonyl (C=O) groups is 1. The molecule has 0 N–H and O–H groups in total. The van der Waals surface area contributed by atoms with Crippen molar-refractivity contribution in [2.75, 3.05) is 38.0 Å². The molecule has 0 bridgehead atoms. The average molecular weight is 502 g/mol. The quantitative estimate of drug-likeness (QED) is 0.146. The summed E-state index contributed by atoms with van der Waals surface area (Å²) in [6.07, 6.45) is 2.00. The molecule has 1 aliphatic heterocycles. The average Bonchev–Trinajstić information content (AvgIpc) is 3.49. The molecule has 0 aliphatic carbocycles. The van der Waals surface area contributed by atoms with Crippen LogP contribution in [0.15, 0.2) is 93.3 Å². The highest BCUT2D eigenvalue weighted by molar-refractivity contribution is 5.68. The fourth-order valence-corrected chi connectivity index (χ4v) is 3.46. The lowest BCUT2D eigenvalue weighted by atomic mass is 10.2. The first kappa shape index (κ1) is 26.0. The van der Waals surface area contributed by atoms with Crippen LogP contribution in [0.2, 0.25) is 0 Å². The molecule has 4 rings (SSSR count). The molecule has 1 aliphatic rings. The summed E-state index contributed by atoms with van der Waals surface area (Å²) in [5.41, 5.74) is 4.10. The van der Waals surface area contributed by atoms with Crippen LogP contribution in [-0.2, 0) is 14.3 Å². The summed E-state index contributed by atoms with van der Waals surface area (Å²) in [5, 5.41) is 17.2. The zero-order valence-electron chi connectivity index (χ0n) is 21.0. The number of benzene rings is 3. The Morgan fingerprint density at radius 2 is 1.30 bits per heavy atom. The lowest BCUT2D eigenvalue weighted by Crippen LogP contribution is -2.17. The van der Waals surface area contributed by atoms with Crippen LogP contribution < -0.4 is 9.64 Å². The Morgan fingerprint density at radius 3 is 1.81 bits per heavy atom. The molecule has 1 saturated heterocycles. The second kappa shape index (κ2) is 13.8. The summed E-state index contributed by atoms with van der Waals surface area (Å²) < 4.78 is 16.1. The van der Waals surface area contributed by atoms with E-state index in [9.17, 15) is 4.79 Å². The molecule has 192 valence electrons. The molecule has 0 saturated carbocycles. The topological polar surface area (TPSA) is 97.4 Å². The van der Waals surface area contributed by atoms with Crippen molar-refractivity contribution in [2.45, 2.75) is 26.2 Å². The highest BCUT2D eigenvalue weighted by Gasteiger charge is 2.11. The number of anilines is 1. The van der Waals surface area contributed by atoms with Crippen molar-refractivity contribution in [3.05, 3.63) is 72.8 Å². The number of hydrogen-bond donors (Lipinski definition) is 0. The van der Waals surface area contributed by atoms with E-state index in [0.29, 0.717) is 26.4 Å². The summed E-state index contributed by atoms with van der Waals surface area (Å²) in [5.74, 6) is 0.595. The molecule has 0 aromatic heterocycles. The Bertz CT molecular complexity index is 1170. The van der Waals surface area contributed by atoms with Crippen LogP contribution in [0.1, 0.15) is 26.2 Å². The van der Waals surface area contributed by atoms with Crippen LogP contribution in [0.3, 0.4) is 0 Å². The van der Waals surface area contributed by atoms with Crippen molar-refractivity contribution < 1.29 is 19.0 Å². The maximum absolute atomic E-state index is 11.1. The molecule has 37 heavy (non-hydrogen) atoms. The maximum Gasteiger partial charge on any atom is 0.305 e. The van der Waals surface area contributed by atoms with Crippen molar-refractivity contribution in [1.82, 2.24) is 0 Å². The van der Waals surface area contributed by atoms with E-state index in [1.54, 1.807) is 6.92 Å². The maximum atomic E-state index is 11.1. The Morgan fingerprint density at radius 1 is 0.784 bits per heavy atom. The van der Waals surface area contributed by atoms with E-state index in [2.05, 4.69) is 25.4 Å². The standard InChI is InChI=1S/C28H31N5O4/c1-2-28(34)37-19-4-3-18-36-27-15-11-25(12-16-27)32-30-23-7-5-22(6-8-23)29-31-24-9-13-26(14-10-24)33-17-20-35-21-33/h5-16H,2-4,17-21H2,1H3. The molecule has 0 unspecified atom stereocenters. The van der Waals surface area contributed by atoms with Crippen molar-refractivity contribution in [2.24, 2.45) is 20.5 Å². The van der Waals surface area contributed by atoms with Crippen LogP contribution in [-0.4, -0.2) is 39.1 Å². The fourth-order valence-electron chi connectivity index (χ4n) is 3.46. The third kappa shape index (κ3) is 8.50. The largest absolute Gasteiger partial charge is 0.494 e.